The standard InChI is InChI=1S/C13H8ClFN4OS/c14-13-18-9-1-2-21-11(9)10(19-13)12(20)17-5-7-3-8(15)6-16-4-7/h1-4,6H,5H2,(H,17,20). The third-order valence-corrected chi connectivity index (χ3v) is 3.79. The second-order valence-corrected chi connectivity index (χ2v) is 5.42. The molecule has 0 saturated heterocycles. The van der Waals surface area contributed by atoms with Crippen molar-refractivity contribution in [2.75, 3.05) is 0 Å². The summed E-state index contributed by atoms with van der Waals surface area (Å²) < 4.78 is 13.7. The number of hydrogen-bond acceptors (Lipinski definition) is 5. The fourth-order valence-corrected chi connectivity index (χ4v) is 2.80. The smallest absolute Gasteiger partial charge is 0.271 e. The predicted molar refractivity (Wildman–Crippen MR) is 77.8 cm³/mol. The molecule has 1 amide bonds. The van der Waals surface area contributed by atoms with Gasteiger partial charge in [-0.15, -0.1) is 11.3 Å². The Labute approximate surface area is 127 Å². The maximum atomic E-state index is 13.0. The van der Waals surface area contributed by atoms with E-state index in [4.69, 9.17) is 11.6 Å². The largest absolute Gasteiger partial charge is 0.347 e. The van der Waals surface area contributed by atoms with Crippen LogP contribution in [-0.4, -0.2) is 20.9 Å². The minimum absolute atomic E-state index is 0.0125. The second kappa shape index (κ2) is 5.71. The third kappa shape index (κ3) is 2.98. The molecule has 8 heteroatoms. The first-order chi connectivity index (χ1) is 10.1. The summed E-state index contributed by atoms with van der Waals surface area (Å²) in [6, 6.07) is 3.07. The Kier molecular flexibility index (Phi) is 3.76. The highest BCUT2D eigenvalue weighted by Gasteiger charge is 2.15. The molecule has 0 bridgehead atoms. The number of fused-ring (bicyclic) bond motifs is 1. The Balaban J connectivity index is 1.82. The minimum Gasteiger partial charge on any atom is -0.347 e. The van der Waals surface area contributed by atoms with Crippen molar-refractivity contribution >= 4 is 39.1 Å². The lowest BCUT2D eigenvalue weighted by molar-refractivity contribution is 0.0947. The minimum atomic E-state index is -0.451. The van der Waals surface area contributed by atoms with Gasteiger partial charge in [0.1, 0.15) is 5.82 Å². The van der Waals surface area contributed by atoms with Crippen molar-refractivity contribution in [2.24, 2.45) is 0 Å². The number of nitrogens with zero attached hydrogens (tertiary/aromatic N) is 3. The fraction of sp³-hybridized carbons (Fsp3) is 0.0769. The van der Waals surface area contributed by atoms with Crippen LogP contribution in [-0.2, 0) is 6.54 Å². The zero-order valence-electron chi connectivity index (χ0n) is 10.5. The van der Waals surface area contributed by atoms with E-state index in [1.165, 1.54) is 23.6 Å². The molecule has 3 rings (SSSR count). The Bertz CT molecular complexity index is 823. The molecule has 0 fully saturated rings. The van der Waals surface area contributed by atoms with Gasteiger partial charge in [0.15, 0.2) is 5.69 Å². The van der Waals surface area contributed by atoms with Crippen molar-refractivity contribution in [1.82, 2.24) is 20.3 Å². The molecule has 0 atom stereocenters. The van der Waals surface area contributed by atoms with E-state index in [1.54, 1.807) is 6.07 Å². The molecule has 3 aromatic rings. The molecular weight excluding hydrogens is 315 g/mol. The second-order valence-electron chi connectivity index (χ2n) is 4.17. The number of nitrogens with one attached hydrogen (secondary N) is 1. The highest BCUT2D eigenvalue weighted by molar-refractivity contribution is 7.17. The third-order valence-electron chi connectivity index (χ3n) is 2.71. The highest BCUT2D eigenvalue weighted by atomic mass is 35.5. The summed E-state index contributed by atoms with van der Waals surface area (Å²) in [5.74, 6) is -0.844. The lowest BCUT2D eigenvalue weighted by atomic mass is 10.2. The van der Waals surface area contributed by atoms with Crippen molar-refractivity contribution in [1.29, 1.82) is 0 Å². The predicted octanol–water partition coefficient (Wildman–Crippen LogP) is 2.81. The SMILES string of the molecule is O=C(NCc1cncc(F)c1)c1nc(Cl)nc2ccsc12. The van der Waals surface area contributed by atoms with Gasteiger partial charge in [-0.05, 0) is 34.7 Å². The molecule has 0 spiro atoms. The number of pyridine rings is 1. The molecule has 106 valence electrons. The topological polar surface area (TPSA) is 67.8 Å². The summed E-state index contributed by atoms with van der Waals surface area (Å²) in [7, 11) is 0. The van der Waals surface area contributed by atoms with Crippen LogP contribution in [0.3, 0.4) is 0 Å². The van der Waals surface area contributed by atoms with E-state index in [-0.39, 0.29) is 17.5 Å². The van der Waals surface area contributed by atoms with Gasteiger partial charge in [0.2, 0.25) is 5.28 Å². The summed E-state index contributed by atoms with van der Waals surface area (Å²) in [6.07, 6.45) is 2.59. The van der Waals surface area contributed by atoms with E-state index >= 15 is 0 Å². The van der Waals surface area contributed by atoms with Crippen LogP contribution >= 0.6 is 22.9 Å². The van der Waals surface area contributed by atoms with Crippen LogP contribution < -0.4 is 5.32 Å². The van der Waals surface area contributed by atoms with Crippen LogP contribution in [0, 0.1) is 5.82 Å². The molecule has 0 aliphatic heterocycles. The molecule has 1 N–H and O–H groups in total. The first kappa shape index (κ1) is 13.8. The zero-order valence-corrected chi connectivity index (χ0v) is 12.1. The molecule has 0 aliphatic rings. The molecule has 0 saturated carbocycles. The Morgan fingerprint density at radius 2 is 2.24 bits per heavy atom. The molecule has 0 aromatic carbocycles. The number of rotatable bonds is 3. The van der Waals surface area contributed by atoms with Crippen LogP contribution in [0.15, 0.2) is 29.9 Å². The van der Waals surface area contributed by atoms with Crippen LogP contribution in [0.5, 0.6) is 0 Å². The van der Waals surface area contributed by atoms with Crippen LogP contribution in [0.1, 0.15) is 16.1 Å². The normalized spacial score (nSPS) is 10.8. The van der Waals surface area contributed by atoms with Crippen molar-refractivity contribution in [3.8, 4) is 0 Å². The molecule has 0 radical (unpaired) electrons. The average Bonchev–Trinajstić information content (AvgIpc) is 2.92. The number of hydrogen-bond donors (Lipinski definition) is 1. The Morgan fingerprint density at radius 1 is 1.38 bits per heavy atom. The van der Waals surface area contributed by atoms with Gasteiger partial charge in [0, 0.05) is 12.7 Å². The number of aromatic nitrogens is 3. The zero-order chi connectivity index (χ0) is 14.8. The lowest BCUT2D eigenvalue weighted by Crippen LogP contribution is -2.24. The average molecular weight is 323 g/mol. The molecule has 21 heavy (non-hydrogen) atoms. The summed E-state index contributed by atoms with van der Waals surface area (Å²) in [4.78, 5) is 23.9. The molecule has 0 unspecified atom stereocenters. The number of thiophene rings is 1. The van der Waals surface area contributed by atoms with Gasteiger partial charge < -0.3 is 5.32 Å². The van der Waals surface area contributed by atoms with Crippen LogP contribution in [0.25, 0.3) is 10.2 Å². The van der Waals surface area contributed by atoms with Gasteiger partial charge in [-0.25, -0.2) is 14.4 Å². The maximum Gasteiger partial charge on any atom is 0.271 e. The molecule has 5 nitrogen and oxygen atoms in total. The van der Waals surface area contributed by atoms with Crippen molar-refractivity contribution in [3.05, 3.63) is 52.3 Å². The van der Waals surface area contributed by atoms with Crippen molar-refractivity contribution in [2.45, 2.75) is 6.54 Å². The summed E-state index contributed by atoms with van der Waals surface area (Å²) in [6.45, 7) is 0.151. The lowest BCUT2D eigenvalue weighted by Gasteiger charge is -2.05. The molecule has 3 heterocycles. The number of carbonyl (C=O) groups is 1. The first-order valence-corrected chi connectivity index (χ1v) is 7.17. The van der Waals surface area contributed by atoms with Gasteiger partial charge in [-0.1, -0.05) is 0 Å². The van der Waals surface area contributed by atoms with E-state index in [0.717, 1.165) is 6.20 Å². The number of carbonyl (C=O) groups excluding carboxylic acids is 1. The number of halogens is 2. The van der Waals surface area contributed by atoms with Gasteiger partial charge >= 0.3 is 0 Å². The molecular formula is C13H8ClFN4OS. The van der Waals surface area contributed by atoms with E-state index in [1.807, 2.05) is 5.38 Å². The van der Waals surface area contributed by atoms with Gasteiger partial charge in [0.25, 0.3) is 5.91 Å². The Hall–Kier alpha value is -2.12. The summed E-state index contributed by atoms with van der Waals surface area (Å²) >= 11 is 7.16. The summed E-state index contributed by atoms with van der Waals surface area (Å²) in [5, 5.41) is 4.48. The quantitative estimate of drug-likeness (QED) is 0.753. The van der Waals surface area contributed by atoms with E-state index in [2.05, 4.69) is 20.3 Å². The van der Waals surface area contributed by atoms with E-state index < -0.39 is 11.7 Å². The monoisotopic (exact) mass is 322 g/mol. The fourth-order valence-electron chi connectivity index (χ4n) is 1.81. The van der Waals surface area contributed by atoms with E-state index in [0.29, 0.717) is 15.8 Å². The first-order valence-electron chi connectivity index (χ1n) is 5.92. The van der Waals surface area contributed by atoms with Crippen molar-refractivity contribution in [3.63, 3.8) is 0 Å². The number of amides is 1. The van der Waals surface area contributed by atoms with Gasteiger partial charge in [-0.2, -0.15) is 0 Å². The molecule has 3 aromatic heterocycles. The summed E-state index contributed by atoms with van der Waals surface area (Å²) in [5.41, 5.74) is 1.40. The van der Waals surface area contributed by atoms with Gasteiger partial charge in [0.05, 0.1) is 16.4 Å². The van der Waals surface area contributed by atoms with Crippen LogP contribution in [0.4, 0.5) is 4.39 Å². The van der Waals surface area contributed by atoms with Crippen LogP contribution in [0.2, 0.25) is 5.28 Å². The Morgan fingerprint density at radius 3 is 3.05 bits per heavy atom. The highest BCUT2D eigenvalue weighted by Crippen LogP contribution is 2.23. The molecule has 0 aliphatic carbocycles. The van der Waals surface area contributed by atoms with Gasteiger partial charge in [-0.3, -0.25) is 9.78 Å². The van der Waals surface area contributed by atoms with E-state index in [9.17, 15) is 9.18 Å². The van der Waals surface area contributed by atoms with Crippen molar-refractivity contribution < 1.29 is 9.18 Å². The maximum absolute atomic E-state index is 13.0.